The van der Waals surface area contributed by atoms with Gasteiger partial charge in [0.15, 0.2) is 0 Å². The van der Waals surface area contributed by atoms with Crippen LogP contribution in [-0.2, 0) is 16.8 Å². The minimum Gasteiger partial charge on any atom is -0.480 e. The molecule has 4 nitrogen and oxygen atoms in total. The Morgan fingerprint density at radius 2 is 2.14 bits per heavy atom. The van der Waals surface area contributed by atoms with E-state index < -0.39 is 5.97 Å². The van der Waals surface area contributed by atoms with E-state index in [9.17, 15) is 9.90 Å². The lowest BCUT2D eigenvalue weighted by Gasteiger charge is -2.32. The highest BCUT2D eigenvalue weighted by molar-refractivity contribution is 7.09. The highest BCUT2D eigenvalue weighted by atomic mass is 32.1. The molecule has 1 aromatic heterocycles. The maximum Gasteiger partial charge on any atom is 0.320 e. The molecule has 1 saturated carbocycles. The molecule has 1 aliphatic heterocycles. The molecule has 0 amide bonds. The summed E-state index contributed by atoms with van der Waals surface area (Å²) in [6.45, 7) is 7.19. The molecule has 5 heteroatoms. The molecule has 2 fully saturated rings. The molecule has 0 spiro atoms. The molecular weight excluding hydrogens is 296 g/mol. The fourth-order valence-electron chi connectivity index (χ4n) is 3.93. The Kier molecular flexibility index (Phi) is 4.29. The molecule has 3 rings (SSSR count). The minimum absolute atomic E-state index is 0.0630. The Labute approximate surface area is 136 Å². The second-order valence-electron chi connectivity index (χ2n) is 7.77. The van der Waals surface area contributed by atoms with Crippen LogP contribution in [0.15, 0.2) is 5.38 Å². The van der Waals surface area contributed by atoms with Crippen LogP contribution in [0.2, 0.25) is 0 Å². The van der Waals surface area contributed by atoms with Crippen molar-refractivity contribution in [2.24, 2.45) is 5.92 Å². The zero-order chi connectivity index (χ0) is 15.9. The maximum atomic E-state index is 11.7. The second kappa shape index (κ2) is 5.93. The molecule has 22 heavy (non-hydrogen) atoms. The van der Waals surface area contributed by atoms with Crippen molar-refractivity contribution in [3.63, 3.8) is 0 Å². The predicted octanol–water partition coefficient (Wildman–Crippen LogP) is 3.66. The number of carboxylic acids is 1. The fourth-order valence-corrected chi connectivity index (χ4v) is 4.83. The van der Waals surface area contributed by atoms with Crippen molar-refractivity contribution in [2.45, 2.75) is 76.9 Å². The third-order valence-corrected chi connectivity index (χ3v) is 6.36. The minimum atomic E-state index is -0.666. The first-order chi connectivity index (χ1) is 10.4. The number of rotatable bonds is 3. The Morgan fingerprint density at radius 3 is 2.77 bits per heavy atom. The fraction of sp³-hybridized carbons (Fsp3) is 0.765. The van der Waals surface area contributed by atoms with Crippen LogP contribution in [-0.4, -0.2) is 33.0 Å². The molecule has 1 aromatic rings. The molecule has 0 aromatic carbocycles. The van der Waals surface area contributed by atoms with Crippen LogP contribution in [0.3, 0.4) is 0 Å². The zero-order valence-electron chi connectivity index (χ0n) is 13.7. The topological polar surface area (TPSA) is 53.4 Å². The number of thiazole rings is 1. The van der Waals surface area contributed by atoms with Crippen LogP contribution in [0.5, 0.6) is 0 Å². The van der Waals surface area contributed by atoms with Gasteiger partial charge in [0.2, 0.25) is 0 Å². The molecule has 0 radical (unpaired) electrons. The standard InChI is InChI=1S/C17H26N2O2S/c1-17(2,3)16-18-12(10-22-16)9-19-13-7-5-4-6-11(13)8-14(19)15(20)21/h10-11,13-14H,4-9H2,1-3H3,(H,20,21)/t11-,13+,14+/m1/s1. The molecule has 2 aliphatic rings. The highest BCUT2D eigenvalue weighted by Crippen LogP contribution is 2.40. The van der Waals surface area contributed by atoms with Gasteiger partial charge in [-0.05, 0) is 25.2 Å². The Hall–Kier alpha value is -0.940. The van der Waals surface area contributed by atoms with Crippen molar-refractivity contribution >= 4 is 17.3 Å². The van der Waals surface area contributed by atoms with E-state index in [1.165, 1.54) is 19.3 Å². The van der Waals surface area contributed by atoms with Crippen molar-refractivity contribution in [3.05, 3.63) is 16.1 Å². The summed E-state index contributed by atoms with van der Waals surface area (Å²) >= 11 is 1.69. The summed E-state index contributed by atoms with van der Waals surface area (Å²) in [4.78, 5) is 18.6. The molecular formula is C17H26N2O2S. The lowest BCUT2D eigenvalue weighted by atomic mass is 9.85. The average Bonchev–Trinajstić information content (AvgIpc) is 3.04. The van der Waals surface area contributed by atoms with Crippen LogP contribution >= 0.6 is 11.3 Å². The first-order valence-corrected chi connectivity index (χ1v) is 9.17. The summed E-state index contributed by atoms with van der Waals surface area (Å²) in [5.41, 5.74) is 1.10. The van der Waals surface area contributed by atoms with E-state index in [1.807, 2.05) is 0 Å². The lowest BCUT2D eigenvalue weighted by Crippen LogP contribution is -2.41. The number of fused-ring (bicyclic) bond motifs is 1. The molecule has 0 unspecified atom stereocenters. The van der Waals surface area contributed by atoms with E-state index in [2.05, 4.69) is 31.1 Å². The summed E-state index contributed by atoms with van der Waals surface area (Å²) in [5.74, 6) is -0.101. The van der Waals surface area contributed by atoms with Gasteiger partial charge in [-0.2, -0.15) is 0 Å². The molecule has 0 bridgehead atoms. The van der Waals surface area contributed by atoms with E-state index >= 15 is 0 Å². The third-order valence-electron chi connectivity index (χ3n) is 5.04. The van der Waals surface area contributed by atoms with Crippen molar-refractivity contribution in [1.82, 2.24) is 9.88 Å². The summed E-state index contributed by atoms with van der Waals surface area (Å²) in [6, 6.07) is 0.113. The van der Waals surface area contributed by atoms with Gasteiger partial charge < -0.3 is 5.11 Å². The van der Waals surface area contributed by atoms with Crippen molar-refractivity contribution in [3.8, 4) is 0 Å². The van der Waals surface area contributed by atoms with Gasteiger partial charge in [0.1, 0.15) is 6.04 Å². The zero-order valence-corrected chi connectivity index (χ0v) is 14.5. The van der Waals surface area contributed by atoms with Crippen molar-refractivity contribution in [2.75, 3.05) is 0 Å². The molecule has 1 N–H and O–H groups in total. The SMILES string of the molecule is CC(C)(C)c1nc(CN2[C@H](C(=O)O)C[C@H]3CCCC[C@@H]32)cs1. The smallest absolute Gasteiger partial charge is 0.320 e. The Morgan fingerprint density at radius 1 is 1.41 bits per heavy atom. The third kappa shape index (κ3) is 3.06. The first-order valence-electron chi connectivity index (χ1n) is 8.29. The average molecular weight is 322 g/mol. The molecule has 122 valence electrons. The number of nitrogens with zero attached hydrogens (tertiary/aromatic N) is 2. The van der Waals surface area contributed by atoms with Crippen LogP contribution in [0.1, 0.15) is 63.6 Å². The molecule has 1 saturated heterocycles. The Balaban J connectivity index is 1.79. The number of aromatic nitrogens is 1. The molecule has 1 aliphatic carbocycles. The van der Waals surface area contributed by atoms with Crippen molar-refractivity contribution in [1.29, 1.82) is 0 Å². The summed E-state index contributed by atoms with van der Waals surface area (Å²) in [7, 11) is 0. The van der Waals surface area contributed by atoms with E-state index in [0.717, 1.165) is 23.5 Å². The normalized spacial score (nSPS) is 29.5. The number of hydrogen-bond donors (Lipinski definition) is 1. The molecule has 2 heterocycles. The van der Waals surface area contributed by atoms with Crippen LogP contribution in [0.4, 0.5) is 0 Å². The van der Waals surface area contributed by atoms with E-state index in [4.69, 9.17) is 4.98 Å². The highest BCUT2D eigenvalue weighted by Gasteiger charge is 2.45. The van der Waals surface area contributed by atoms with Gasteiger partial charge in [-0.15, -0.1) is 11.3 Å². The van der Waals surface area contributed by atoms with Gasteiger partial charge >= 0.3 is 5.97 Å². The van der Waals surface area contributed by atoms with E-state index in [0.29, 0.717) is 18.5 Å². The van der Waals surface area contributed by atoms with Gasteiger partial charge in [0, 0.05) is 23.4 Å². The van der Waals surface area contributed by atoms with Crippen LogP contribution in [0, 0.1) is 5.92 Å². The number of aliphatic carboxylic acids is 1. The second-order valence-corrected chi connectivity index (χ2v) is 8.63. The monoisotopic (exact) mass is 322 g/mol. The quantitative estimate of drug-likeness (QED) is 0.923. The van der Waals surface area contributed by atoms with Crippen LogP contribution < -0.4 is 0 Å². The van der Waals surface area contributed by atoms with Crippen LogP contribution in [0.25, 0.3) is 0 Å². The van der Waals surface area contributed by atoms with Crippen molar-refractivity contribution < 1.29 is 9.90 Å². The van der Waals surface area contributed by atoms with E-state index in [1.54, 1.807) is 11.3 Å². The lowest BCUT2D eigenvalue weighted by molar-refractivity contribution is -0.142. The molecule has 3 atom stereocenters. The van der Waals surface area contributed by atoms with E-state index in [-0.39, 0.29) is 11.5 Å². The summed E-state index contributed by atoms with van der Waals surface area (Å²) in [6.07, 6.45) is 5.64. The summed E-state index contributed by atoms with van der Waals surface area (Å²) in [5, 5.41) is 12.8. The number of carbonyl (C=O) groups is 1. The first kappa shape index (κ1) is 15.9. The maximum absolute atomic E-state index is 11.7. The van der Waals surface area contributed by atoms with Gasteiger partial charge in [-0.1, -0.05) is 33.6 Å². The van der Waals surface area contributed by atoms with Gasteiger partial charge in [0.05, 0.1) is 10.7 Å². The number of hydrogen-bond acceptors (Lipinski definition) is 4. The largest absolute Gasteiger partial charge is 0.480 e. The number of likely N-dealkylation sites (tertiary alicyclic amines) is 1. The number of carboxylic acid groups (broad SMARTS) is 1. The van der Waals surface area contributed by atoms with Gasteiger partial charge in [-0.25, -0.2) is 4.98 Å². The van der Waals surface area contributed by atoms with Gasteiger partial charge in [0.25, 0.3) is 0 Å². The Bertz CT molecular complexity index is 549. The predicted molar refractivity (Wildman–Crippen MR) is 88.1 cm³/mol. The summed E-state index contributed by atoms with van der Waals surface area (Å²) < 4.78 is 0. The van der Waals surface area contributed by atoms with Gasteiger partial charge in [-0.3, -0.25) is 9.69 Å².